The molecule has 5 heteroatoms. The normalized spacial score (nSPS) is 21.8. The molecular weight excluding hydrogens is 352 g/mol. The smallest absolute Gasteiger partial charge is 0.219 e. The van der Waals surface area contributed by atoms with Crippen molar-refractivity contribution in [3.63, 3.8) is 0 Å². The molecule has 1 fully saturated rings. The molecule has 1 heterocycles. The lowest BCUT2D eigenvalue weighted by Crippen LogP contribution is -2.36. The number of nitrogens with one attached hydrogen (secondary N) is 1. The monoisotopic (exact) mass is 388 g/mol. The number of nitrogens with zero attached hydrogens (tertiary/aromatic N) is 1. The molecule has 0 saturated carbocycles. The van der Waals surface area contributed by atoms with Gasteiger partial charge in [-0.15, -0.1) is 0 Å². The van der Waals surface area contributed by atoms with Crippen molar-refractivity contribution in [1.29, 1.82) is 0 Å². The Labute approximate surface area is 169 Å². The van der Waals surface area contributed by atoms with Crippen LogP contribution in [-0.4, -0.2) is 56.0 Å². The van der Waals surface area contributed by atoms with Crippen LogP contribution in [0.2, 0.25) is 0 Å². The van der Waals surface area contributed by atoms with E-state index in [1.54, 1.807) is 6.08 Å². The molecule has 1 amide bonds. The Kier molecular flexibility index (Phi) is 10.8. The fourth-order valence-electron chi connectivity index (χ4n) is 3.63. The number of ether oxygens (including phenoxy) is 1. The van der Waals surface area contributed by atoms with Crippen molar-refractivity contribution in [3.05, 3.63) is 36.0 Å². The van der Waals surface area contributed by atoms with E-state index in [2.05, 4.69) is 28.4 Å². The van der Waals surface area contributed by atoms with Gasteiger partial charge in [0.2, 0.25) is 5.91 Å². The summed E-state index contributed by atoms with van der Waals surface area (Å²) in [6.45, 7) is 7.54. The van der Waals surface area contributed by atoms with E-state index < -0.39 is 0 Å². The summed E-state index contributed by atoms with van der Waals surface area (Å²) in [4.78, 5) is 26.0. The molecule has 1 saturated heterocycles. The first-order valence-corrected chi connectivity index (χ1v) is 10.8. The highest BCUT2D eigenvalue weighted by molar-refractivity contribution is 6.07. The predicted octanol–water partition coefficient (Wildman–Crippen LogP) is 3.42. The number of morpholine rings is 1. The molecule has 0 aromatic heterocycles. The average molecular weight is 389 g/mol. The third kappa shape index (κ3) is 8.53. The van der Waals surface area contributed by atoms with Crippen molar-refractivity contribution in [2.24, 2.45) is 5.92 Å². The molecule has 1 atom stereocenters. The number of rotatable bonds is 12. The number of carbonyl (C=O) groups excluding carboxylic acids is 2. The molecule has 0 aromatic carbocycles. The molecular formula is C23H36N2O3. The summed E-state index contributed by atoms with van der Waals surface area (Å²) in [6, 6.07) is 0. The van der Waals surface area contributed by atoms with Crippen molar-refractivity contribution in [2.75, 3.05) is 39.4 Å². The van der Waals surface area contributed by atoms with E-state index in [0.717, 1.165) is 70.5 Å². The van der Waals surface area contributed by atoms with Crippen LogP contribution in [0.5, 0.6) is 0 Å². The fourth-order valence-corrected chi connectivity index (χ4v) is 3.63. The van der Waals surface area contributed by atoms with Gasteiger partial charge in [0.1, 0.15) is 0 Å². The number of hydrogen-bond acceptors (Lipinski definition) is 4. The molecule has 1 unspecified atom stereocenters. The van der Waals surface area contributed by atoms with Crippen molar-refractivity contribution < 1.29 is 14.3 Å². The molecule has 2 aliphatic rings. The maximum absolute atomic E-state index is 12.1. The minimum absolute atomic E-state index is 0.124. The van der Waals surface area contributed by atoms with Crippen molar-refractivity contribution in [1.82, 2.24) is 10.2 Å². The number of unbranched alkanes of at least 4 members (excludes halogenated alkanes) is 3. The average Bonchev–Trinajstić information content (AvgIpc) is 3.05. The second kappa shape index (κ2) is 13.5. The predicted molar refractivity (Wildman–Crippen MR) is 113 cm³/mol. The van der Waals surface area contributed by atoms with Crippen LogP contribution in [0, 0.1) is 5.92 Å². The van der Waals surface area contributed by atoms with E-state index in [1.165, 1.54) is 6.42 Å². The maximum atomic E-state index is 12.1. The number of allylic oxidation sites excluding steroid dienone is 6. The second-order valence-electron chi connectivity index (χ2n) is 7.49. The quantitative estimate of drug-likeness (QED) is 0.316. The molecule has 28 heavy (non-hydrogen) atoms. The van der Waals surface area contributed by atoms with Crippen LogP contribution >= 0.6 is 0 Å². The summed E-state index contributed by atoms with van der Waals surface area (Å²) in [7, 11) is 0. The maximum Gasteiger partial charge on any atom is 0.219 e. The van der Waals surface area contributed by atoms with Gasteiger partial charge in [0.05, 0.1) is 13.2 Å². The molecule has 2 rings (SSSR count). The van der Waals surface area contributed by atoms with Crippen molar-refractivity contribution in [3.8, 4) is 0 Å². The summed E-state index contributed by atoms with van der Waals surface area (Å²) in [5, 5.41) is 2.81. The molecule has 0 aromatic rings. The van der Waals surface area contributed by atoms with Crippen LogP contribution in [0.1, 0.15) is 51.9 Å². The zero-order valence-corrected chi connectivity index (χ0v) is 17.3. The van der Waals surface area contributed by atoms with Gasteiger partial charge in [-0.3, -0.25) is 14.5 Å². The first-order valence-electron chi connectivity index (χ1n) is 10.8. The molecule has 0 radical (unpaired) electrons. The third-order valence-corrected chi connectivity index (χ3v) is 5.27. The van der Waals surface area contributed by atoms with E-state index >= 15 is 0 Å². The minimum Gasteiger partial charge on any atom is -0.379 e. The van der Waals surface area contributed by atoms with E-state index in [0.29, 0.717) is 13.0 Å². The van der Waals surface area contributed by atoms with Crippen LogP contribution in [0.3, 0.4) is 0 Å². The van der Waals surface area contributed by atoms with Gasteiger partial charge in [0.25, 0.3) is 0 Å². The van der Waals surface area contributed by atoms with Crippen molar-refractivity contribution >= 4 is 11.7 Å². The summed E-state index contributed by atoms with van der Waals surface area (Å²) in [5.74, 6) is 0.508. The third-order valence-electron chi connectivity index (χ3n) is 5.27. The largest absolute Gasteiger partial charge is 0.379 e. The lowest BCUT2D eigenvalue weighted by Gasteiger charge is -2.26. The van der Waals surface area contributed by atoms with Gasteiger partial charge in [0, 0.05) is 37.5 Å². The Morgan fingerprint density at radius 3 is 2.82 bits per heavy atom. The van der Waals surface area contributed by atoms with Gasteiger partial charge in [-0.05, 0) is 58.1 Å². The van der Waals surface area contributed by atoms with Crippen LogP contribution < -0.4 is 5.32 Å². The minimum atomic E-state index is 0.124. The van der Waals surface area contributed by atoms with Gasteiger partial charge in [-0.1, -0.05) is 24.3 Å². The first kappa shape index (κ1) is 22.6. The Morgan fingerprint density at radius 2 is 2.04 bits per heavy atom. The molecule has 0 bridgehead atoms. The second-order valence-corrected chi connectivity index (χ2v) is 7.49. The van der Waals surface area contributed by atoms with E-state index in [9.17, 15) is 9.59 Å². The Morgan fingerprint density at radius 1 is 1.21 bits per heavy atom. The zero-order valence-electron chi connectivity index (χ0n) is 17.3. The highest BCUT2D eigenvalue weighted by Crippen LogP contribution is 2.26. The molecule has 1 aliphatic carbocycles. The summed E-state index contributed by atoms with van der Waals surface area (Å²) < 4.78 is 5.37. The van der Waals surface area contributed by atoms with Crippen LogP contribution in [0.4, 0.5) is 0 Å². The summed E-state index contributed by atoms with van der Waals surface area (Å²) in [5.41, 5.74) is 0.957. The first-order chi connectivity index (χ1) is 13.7. The van der Waals surface area contributed by atoms with Crippen LogP contribution in [0.15, 0.2) is 36.0 Å². The van der Waals surface area contributed by atoms with Gasteiger partial charge < -0.3 is 10.1 Å². The number of hydrogen-bond donors (Lipinski definition) is 1. The van der Waals surface area contributed by atoms with Crippen LogP contribution in [0.25, 0.3) is 0 Å². The van der Waals surface area contributed by atoms with Gasteiger partial charge >= 0.3 is 0 Å². The lowest BCUT2D eigenvalue weighted by molar-refractivity contribution is -0.121. The number of amides is 1. The highest BCUT2D eigenvalue weighted by atomic mass is 16.5. The number of ketones is 1. The van der Waals surface area contributed by atoms with Crippen LogP contribution in [-0.2, 0) is 14.3 Å². The van der Waals surface area contributed by atoms with E-state index in [-0.39, 0.29) is 17.6 Å². The van der Waals surface area contributed by atoms with Gasteiger partial charge in [0.15, 0.2) is 5.78 Å². The lowest BCUT2D eigenvalue weighted by atomic mass is 9.96. The zero-order chi connectivity index (χ0) is 20.0. The number of carbonyl (C=O) groups is 2. The van der Waals surface area contributed by atoms with Gasteiger partial charge in [-0.25, -0.2) is 0 Å². The van der Waals surface area contributed by atoms with E-state index in [1.807, 2.05) is 13.0 Å². The Bertz CT molecular complexity index is 574. The van der Waals surface area contributed by atoms with Gasteiger partial charge in [-0.2, -0.15) is 0 Å². The Balaban J connectivity index is 1.62. The summed E-state index contributed by atoms with van der Waals surface area (Å²) >= 11 is 0. The summed E-state index contributed by atoms with van der Waals surface area (Å²) in [6.07, 6.45) is 16.7. The molecule has 156 valence electrons. The van der Waals surface area contributed by atoms with Crippen molar-refractivity contribution in [2.45, 2.75) is 51.9 Å². The van der Waals surface area contributed by atoms with E-state index in [4.69, 9.17) is 4.74 Å². The molecule has 1 aliphatic heterocycles. The molecule has 1 N–H and O–H groups in total. The molecule has 0 spiro atoms. The highest BCUT2D eigenvalue weighted by Gasteiger charge is 2.21. The molecule has 5 nitrogen and oxygen atoms in total. The standard InChI is InChI=1S/C23H36N2O3/c1-2-24-23(27)12-8-4-3-6-10-20-13-14-22(26)21(20)11-7-5-9-15-25-16-18-28-19-17-25/h3,6,11,13-14,20H,2,4-5,7-10,12,15-19H2,1H3,(H,24,27)/b6-3-,21-11+. The Hall–Kier alpha value is -1.72. The fraction of sp³-hybridized carbons (Fsp3) is 0.652. The topological polar surface area (TPSA) is 58.6 Å². The SMILES string of the molecule is CCNC(=O)CCC/C=C\CC1C=CC(=O)/C1=C/CCCCN1CCOCC1.